The molecule has 0 fully saturated rings. The molecule has 0 radical (unpaired) electrons. The highest BCUT2D eigenvalue weighted by atomic mass is 16.1. The molecule has 0 heterocycles. The van der Waals surface area contributed by atoms with Gasteiger partial charge in [0.1, 0.15) is 0 Å². The Morgan fingerprint density at radius 2 is 2.05 bits per heavy atom. The first-order valence-corrected chi connectivity index (χ1v) is 7.03. The van der Waals surface area contributed by atoms with Gasteiger partial charge in [-0.1, -0.05) is 38.7 Å². The molecule has 20 heavy (non-hydrogen) atoms. The van der Waals surface area contributed by atoms with Crippen LogP contribution in [0.2, 0.25) is 0 Å². The number of carbonyl (C=O) groups excluding carboxylic acids is 1. The molecule has 3 heteroatoms. The number of hydrogen-bond donors (Lipinski definition) is 2. The molecule has 1 aromatic rings. The average molecular weight is 272 g/mol. The lowest BCUT2D eigenvalue weighted by Gasteiger charge is -2.16. The van der Waals surface area contributed by atoms with Gasteiger partial charge in [0.25, 0.3) is 5.91 Å². The first-order valence-electron chi connectivity index (χ1n) is 7.03. The van der Waals surface area contributed by atoms with Gasteiger partial charge < -0.3 is 11.1 Å². The van der Waals surface area contributed by atoms with Crippen molar-refractivity contribution in [3.05, 3.63) is 34.9 Å². The van der Waals surface area contributed by atoms with E-state index in [1.807, 2.05) is 25.1 Å². The van der Waals surface area contributed by atoms with E-state index in [4.69, 9.17) is 5.73 Å². The Labute approximate surface area is 121 Å². The van der Waals surface area contributed by atoms with Gasteiger partial charge in [0.15, 0.2) is 0 Å². The molecule has 1 aromatic carbocycles. The van der Waals surface area contributed by atoms with E-state index in [1.165, 1.54) is 0 Å². The van der Waals surface area contributed by atoms with Crippen molar-refractivity contribution in [2.24, 2.45) is 17.6 Å². The summed E-state index contributed by atoms with van der Waals surface area (Å²) in [6.45, 7) is 9.39. The van der Waals surface area contributed by atoms with E-state index >= 15 is 0 Å². The SMILES string of the molecule is Cc1ccc(C(=O)NCC(C)C(C)C)c(C#CCN)c1. The normalized spacial score (nSPS) is 11.7. The highest BCUT2D eigenvalue weighted by Gasteiger charge is 2.13. The Morgan fingerprint density at radius 3 is 2.65 bits per heavy atom. The summed E-state index contributed by atoms with van der Waals surface area (Å²) in [4.78, 5) is 12.3. The molecule has 108 valence electrons. The van der Waals surface area contributed by atoms with Gasteiger partial charge in [-0.25, -0.2) is 0 Å². The van der Waals surface area contributed by atoms with Gasteiger partial charge in [0.2, 0.25) is 0 Å². The van der Waals surface area contributed by atoms with Gasteiger partial charge >= 0.3 is 0 Å². The minimum Gasteiger partial charge on any atom is -0.352 e. The molecule has 0 aromatic heterocycles. The van der Waals surface area contributed by atoms with Crippen LogP contribution in [0.1, 0.15) is 42.3 Å². The smallest absolute Gasteiger partial charge is 0.252 e. The average Bonchev–Trinajstić information content (AvgIpc) is 2.42. The molecule has 3 nitrogen and oxygen atoms in total. The van der Waals surface area contributed by atoms with Gasteiger partial charge in [-0.05, 0) is 36.5 Å². The highest BCUT2D eigenvalue weighted by molar-refractivity contribution is 5.96. The fourth-order valence-corrected chi connectivity index (χ4v) is 1.69. The number of carbonyl (C=O) groups is 1. The van der Waals surface area contributed by atoms with Crippen LogP contribution in [0.5, 0.6) is 0 Å². The van der Waals surface area contributed by atoms with E-state index in [0.717, 1.165) is 11.1 Å². The molecule has 0 aliphatic carbocycles. The molecule has 0 spiro atoms. The number of amides is 1. The number of aryl methyl sites for hydroxylation is 1. The lowest BCUT2D eigenvalue weighted by Crippen LogP contribution is -2.30. The maximum atomic E-state index is 12.3. The first kappa shape index (κ1) is 16.3. The number of hydrogen-bond acceptors (Lipinski definition) is 2. The molecule has 0 aliphatic rings. The molecule has 0 saturated heterocycles. The highest BCUT2D eigenvalue weighted by Crippen LogP contribution is 2.12. The minimum atomic E-state index is -0.0705. The summed E-state index contributed by atoms with van der Waals surface area (Å²) < 4.78 is 0. The van der Waals surface area contributed by atoms with Crippen LogP contribution in [0.25, 0.3) is 0 Å². The predicted molar refractivity (Wildman–Crippen MR) is 83.4 cm³/mol. The second-order valence-electron chi connectivity index (χ2n) is 5.49. The summed E-state index contributed by atoms with van der Waals surface area (Å²) >= 11 is 0. The Bertz CT molecular complexity index is 524. The topological polar surface area (TPSA) is 55.1 Å². The Morgan fingerprint density at radius 1 is 1.35 bits per heavy atom. The molecule has 1 atom stereocenters. The van der Waals surface area contributed by atoms with Crippen LogP contribution in [-0.2, 0) is 0 Å². The molecular weight excluding hydrogens is 248 g/mol. The summed E-state index contributed by atoms with van der Waals surface area (Å²) in [5, 5.41) is 2.98. The van der Waals surface area contributed by atoms with Crippen LogP contribution in [0.3, 0.4) is 0 Å². The zero-order chi connectivity index (χ0) is 15.1. The van der Waals surface area contributed by atoms with Crippen LogP contribution < -0.4 is 11.1 Å². The van der Waals surface area contributed by atoms with Crippen molar-refractivity contribution >= 4 is 5.91 Å². The van der Waals surface area contributed by atoms with E-state index in [9.17, 15) is 4.79 Å². The lowest BCUT2D eigenvalue weighted by atomic mass is 9.98. The Hall–Kier alpha value is -1.79. The maximum Gasteiger partial charge on any atom is 0.252 e. The molecule has 1 unspecified atom stereocenters. The fraction of sp³-hybridized carbons (Fsp3) is 0.471. The van der Waals surface area contributed by atoms with Gasteiger partial charge in [0, 0.05) is 12.1 Å². The quantitative estimate of drug-likeness (QED) is 0.827. The van der Waals surface area contributed by atoms with Crippen molar-refractivity contribution in [2.75, 3.05) is 13.1 Å². The largest absolute Gasteiger partial charge is 0.352 e. The lowest BCUT2D eigenvalue weighted by molar-refractivity contribution is 0.0944. The summed E-state index contributed by atoms with van der Waals surface area (Å²) in [5.41, 5.74) is 7.84. The zero-order valence-corrected chi connectivity index (χ0v) is 12.8. The first-order chi connectivity index (χ1) is 9.45. The van der Waals surface area contributed by atoms with Crippen LogP contribution in [0.4, 0.5) is 0 Å². The van der Waals surface area contributed by atoms with Crippen molar-refractivity contribution in [1.82, 2.24) is 5.32 Å². The van der Waals surface area contributed by atoms with Crippen LogP contribution in [-0.4, -0.2) is 19.0 Å². The van der Waals surface area contributed by atoms with Crippen molar-refractivity contribution in [2.45, 2.75) is 27.7 Å². The number of rotatable bonds is 4. The van der Waals surface area contributed by atoms with Crippen LogP contribution in [0.15, 0.2) is 18.2 Å². The second-order valence-corrected chi connectivity index (χ2v) is 5.49. The summed E-state index contributed by atoms with van der Waals surface area (Å²) in [5.74, 6) is 6.70. The van der Waals surface area contributed by atoms with Gasteiger partial charge in [-0.3, -0.25) is 4.79 Å². The standard InChI is InChI=1S/C17H24N2O/c1-12(2)14(4)11-19-17(20)16-8-7-13(3)10-15(16)6-5-9-18/h7-8,10,12,14H,9,11,18H2,1-4H3,(H,19,20). The second kappa shape index (κ2) is 7.72. The van der Waals surface area contributed by atoms with E-state index in [1.54, 1.807) is 0 Å². The van der Waals surface area contributed by atoms with Gasteiger partial charge in [-0.2, -0.15) is 0 Å². The number of nitrogens with two attached hydrogens (primary N) is 1. The molecule has 0 bridgehead atoms. The molecule has 1 rings (SSSR count). The third-order valence-corrected chi connectivity index (χ3v) is 3.47. The minimum absolute atomic E-state index is 0.0705. The van der Waals surface area contributed by atoms with Crippen molar-refractivity contribution in [3.8, 4) is 11.8 Å². The van der Waals surface area contributed by atoms with Gasteiger partial charge in [0.05, 0.1) is 12.1 Å². The van der Waals surface area contributed by atoms with Crippen molar-refractivity contribution in [1.29, 1.82) is 0 Å². The van der Waals surface area contributed by atoms with E-state index < -0.39 is 0 Å². The van der Waals surface area contributed by atoms with Crippen LogP contribution >= 0.6 is 0 Å². The zero-order valence-electron chi connectivity index (χ0n) is 12.8. The Kier molecular flexibility index (Phi) is 6.27. The molecule has 1 amide bonds. The molecule has 0 saturated carbocycles. The third kappa shape index (κ3) is 4.71. The summed E-state index contributed by atoms with van der Waals surface area (Å²) in [7, 11) is 0. The van der Waals surface area contributed by atoms with E-state index in [-0.39, 0.29) is 5.91 Å². The number of benzene rings is 1. The molecule has 3 N–H and O–H groups in total. The van der Waals surface area contributed by atoms with Gasteiger partial charge in [-0.15, -0.1) is 0 Å². The van der Waals surface area contributed by atoms with Crippen molar-refractivity contribution in [3.63, 3.8) is 0 Å². The predicted octanol–water partition coefficient (Wildman–Crippen LogP) is 2.33. The molecule has 0 aliphatic heterocycles. The van der Waals surface area contributed by atoms with E-state index in [2.05, 4.69) is 37.9 Å². The van der Waals surface area contributed by atoms with Crippen LogP contribution in [0, 0.1) is 30.6 Å². The maximum absolute atomic E-state index is 12.3. The molecular formula is C17H24N2O. The van der Waals surface area contributed by atoms with E-state index in [0.29, 0.717) is 30.5 Å². The summed E-state index contributed by atoms with van der Waals surface area (Å²) in [6.07, 6.45) is 0. The fourth-order valence-electron chi connectivity index (χ4n) is 1.69. The summed E-state index contributed by atoms with van der Waals surface area (Å²) in [6, 6.07) is 5.67. The number of nitrogens with one attached hydrogen (secondary N) is 1. The van der Waals surface area contributed by atoms with Crippen molar-refractivity contribution < 1.29 is 4.79 Å². The third-order valence-electron chi connectivity index (χ3n) is 3.47. The monoisotopic (exact) mass is 272 g/mol. The Balaban J connectivity index is 2.87.